The Hall–Kier alpha value is -2.33. The molecule has 0 saturated carbocycles. The normalized spacial score (nSPS) is 14.0. The molecular weight excluding hydrogens is 248 g/mol. The van der Waals surface area contributed by atoms with Crippen molar-refractivity contribution in [1.82, 2.24) is 9.55 Å². The van der Waals surface area contributed by atoms with E-state index in [1.165, 1.54) is 5.69 Å². The van der Waals surface area contributed by atoms with Gasteiger partial charge in [0.25, 0.3) is 0 Å². The predicted octanol–water partition coefficient (Wildman–Crippen LogP) is 2.53. The van der Waals surface area contributed by atoms with Gasteiger partial charge >= 0.3 is 0 Å². The van der Waals surface area contributed by atoms with Crippen LogP contribution in [0.15, 0.2) is 55.0 Å². The Kier molecular flexibility index (Phi) is 3.39. The third-order valence-corrected chi connectivity index (χ3v) is 3.58. The van der Waals surface area contributed by atoms with E-state index in [1.807, 2.05) is 19.3 Å². The van der Waals surface area contributed by atoms with Crippen LogP contribution in [0.1, 0.15) is 11.4 Å². The van der Waals surface area contributed by atoms with E-state index < -0.39 is 0 Å². The molecule has 2 aromatic rings. The van der Waals surface area contributed by atoms with Gasteiger partial charge in [0.2, 0.25) is 0 Å². The number of anilines is 1. The van der Waals surface area contributed by atoms with Crippen LogP contribution in [0.2, 0.25) is 0 Å². The fraction of sp³-hybridized carbons (Fsp3) is 0.188. The lowest BCUT2D eigenvalue weighted by molar-refractivity contribution is 0.964. The molecule has 0 aliphatic carbocycles. The van der Waals surface area contributed by atoms with E-state index in [2.05, 4.69) is 57.1 Å². The van der Waals surface area contributed by atoms with Gasteiger partial charge in [0.1, 0.15) is 0 Å². The van der Waals surface area contributed by atoms with Gasteiger partial charge < -0.3 is 15.2 Å². The van der Waals surface area contributed by atoms with Crippen molar-refractivity contribution in [2.75, 3.05) is 11.4 Å². The van der Waals surface area contributed by atoms with Crippen LogP contribution < -0.4 is 10.6 Å². The molecule has 0 amide bonds. The second-order valence-corrected chi connectivity index (χ2v) is 4.79. The van der Waals surface area contributed by atoms with E-state index in [-0.39, 0.29) is 0 Å². The third-order valence-electron chi connectivity index (χ3n) is 3.58. The van der Waals surface area contributed by atoms with E-state index in [0.717, 1.165) is 23.6 Å². The number of nitrogens with zero attached hydrogens (tertiary/aromatic N) is 3. The summed E-state index contributed by atoms with van der Waals surface area (Å²) in [7, 11) is 0. The first-order chi connectivity index (χ1) is 9.79. The zero-order valence-electron chi connectivity index (χ0n) is 11.5. The Bertz CT molecular complexity index is 650. The van der Waals surface area contributed by atoms with Gasteiger partial charge in [-0.15, -0.1) is 0 Å². The molecular formula is C16H18N4. The summed E-state index contributed by atoms with van der Waals surface area (Å²) >= 11 is 0. The first kappa shape index (κ1) is 12.7. The number of nitrogens with two attached hydrogens (primary N) is 1. The molecule has 2 N–H and O–H groups in total. The van der Waals surface area contributed by atoms with Gasteiger partial charge in [-0.1, -0.05) is 12.2 Å². The minimum absolute atomic E-state index is 0.474. The fourth-order valence-electron chi connectivity index (χ4n) is 2.37. The maximum absolute atomic E-state index is 5.67. The Morgan fingerprint density at radius 1 is 1.15 bits per heavy atom. The van der Waals surface area contributed by atoms with Crippen LogP contribution in [0.4, 0.5) is 5.69 Å². The van der Waals surface area contributed by atoms with Gasteiger partial charge in [-0.05, 0) is 37.3 Å². The molecule has 0 unspecified atom stereocenters. The Morgan fingerprint density at radius 2 is 1.90 bits per heavy atom. The van der Waals surface area contributed by atoms with E-state index >= 15 is 0 Å². The molecule has 0 radical (unpaired) electrons. The summed E-state index contributed by atoms with van der Waals surface area (Å²) in [5, 5.41) is 0. The third kappa shape index (κ3) is 2.26. The lowest BCUT2D eigenvalue weighted by Gasteiger charge is -2.21. The summed E-state index contributed by atoms with van der Waals surface area (Å²) in [5.41, 5.74) is 10.0. The van der Waals surface area contributed by atoms with Crippen LogP contribution in [-0.4, -0.2) is 16.1 Å². The van der Waals surface area contributed by atoms with Gasteiger partial charge in [0.15, 0.2) is 0 Å². The lowest BCUT2D eigenvalue weighted by atomic mass is 10.2. The zero-order valence-corrected chi connectivity index (χ0v) is 11.5. The topological polar surface area (TPSA) is 47.1 Å². The zero-order chi connectivity index (χ0) is 13.9. The molecule has 20 heavy (non-hydrogen) atoms. The van der Waals surface area contributed by atoms with Gasteiger partial charge in [-0.2, -0.15) is 0 Å². The highest BCUT2D eigenvalue weighted by atomic mass is 15.1. The summed E-state index contributed by atoms with van der Waals surface area (Å²) < 4.78 is 2.07. The minimum Gasteiger partial charge on any atom is -0.344 e. The number of hydrogen-bond acceptors (Lipinski definition) is 3. The van der Waals surface area contributed by atoms with Crippen LogP contribution in [0.5, 0.6) is 0 Å². The molecule has 0 spiro atoms. The van der Waals surface area contributed by atoms with Gasteiger partial charge in [-0.3, -0.25) is 0 Å². The van der Waals surface area contributed by atoms with Crippen molar-refractivity contribution in [3.05, 3.63) is 66.4 Å². The van der Waals surface area contributed by atoms with E-state index in [0.29, 0.717) is 6.54 Å². The maximum Gasteiger partial charge on any atom is 0.0998 e. The number of aromatic nitrogens is 2. The molecule has 1 aromatic heterocycles. The molecule has 4 heteroatoms. The molecule has 0 atom stereocenters. The van der Waals surface area contributed by atoms with Crippen molar-refractivity contribution in [2.24, 2.45) is 5.73 Å². The van der Waals surface area contributed by atoms with E-state index in [1.54, 1.807) is 0 Å². The van der Waals surface area contributed by atoms with Crippen LogP contribution in [0.3, 0.4) is 0 Å². The number of benzene rings is 1. The summed E-state index contributed by atoms with van der Waals surface area (Å²) in [6.45, 7) is 3.43. The van der Waals surface area contributed by atoms with Gasteiger partial charge in [0.05, 0.1) is 12.0 Å². The van der Waals surface area contributed by atoms with Crippen molar-refractivity contribution in [3.63, 3.8) is 0 Å². The molecule has 1 aliphatic rings. The Labute approximate surface area is 118 Å². The van der Waals surface area contributed by atoms with Crippen molar-refractivity contribution < 1.29 is 0 Å². The minimum atomic E-state index is 0.474. The first-order valence-electron chi connectivity index (χ1n) is 6.73. The van der Waals surface area contributed by atoms with Gasteiger partial charge in [-0.25, -0.2) is 4.98 Å². The smallest absolute Gasteiger partial charge is 0.0998 e. The monoisotopic (exact) mass is 266 g/mol. The second kappa shape index (κ2) is 5.35. The van der Waals surface area contributed by atoms with Gasteiger partial charge in [0, 0.05) is 36.4 Å². The second-order valence-electron chi connectivity index (χ2n) is 4.79. The quantitative estimate of drug-likeness (QED) is 0.928. The first-order valence-corrected chi connectivity index (χ1v) is 6.73. The molecule has 102 valence electrons. The van der Waals surface area contributed by atoms with Crippen LogP contribution in [-0.2, 0) is 6.54 Å². The summed E-state index contributed by atoms with van der Waals surface area (Å²) in [4.78, 5) is 6.53. The van der Waals surface area contributed by atoms with Crippen molar-refractivity contribution in [3.8, 4) is 5.69 Å². The van der Waals surface area contributed by atoms with Crippen molar-refractivity contribution >= 4 is 5.69 Å². The molecule has 0 fully saturated rings. The van der Waals surface area contributed by atoms with Crippen molar-refractivity contribution in [2.45, 2.75) is 13.5 Å². The summed E-state index contributed by atoms with van der Waals surface area (Å²) in [5.74, 6) is 0. The number of rotatable bonds is 3. The standard InChI is InChI=1S/C16H18N4/c1-13-16(11-17)18-12-20(13)15-7-5-14(6-8-15)19-9-3-2-4-10-19/h2-9,12H,10-11,17H2,1H3. The summed E-state index contributed by atoms with van der Waals surface area (Å²) in [6, 6.07) is 8.47. The molecule has 2 heterocycles. The highest BCUT2D eigenvalue weighted by molar-refractivity contribution is 5.54. The molecule has 1 aromatic carbocycles. The SMILES string of the molecule is Cc1c(CN)ncn1-c1ccc(N2C=CC=CC2)cc1. The van der Waals surface area contributed by atoms with Crippen LogP contribution in [0, 0.1) is 6.92 Å². The number of hydrogen-bond donors (Lipinski definition) is 1. The summed E-state index contributed by atoms with van der Waals surface area (Å²) in [6.07, 6.45) is 10.2. The van der Waals surface area contributed by atoms with Crippen LogP contribution in [0.25, 0.3) is 5.69 Å². The highest BCUT2D eigenvalue weighted by Crippen LogP contribution is 2.20. The Morgan fingerprint density at radius 3 is 2.50 bits per heavy atom. The van der Waals surface area contributed by atoms with Crippen LogP contribution >= 0.6 is 0 Å². The molecule has 4 nitrogen and oxygen atoms in total. The van der Waals surface area contributed by atoms with E-state index in [9.17, 15) is 0 Å². The molecule has 3 rings (SSSR count). The molecule has 0 bridgehead atoms. The number of allylic oxidation sites excluding steroid dienone is 2. The average molecular weight is 266 g/mol. The Balaban J connectivity index is 1.87. The van der Waals surface area contributed by atoms with Crippen molar-refractivity contribution in [1.29, 1.82) is 0 Å². The average Bonchev–Trinajstić information content (AvgIpc) is 2.89. The molecule has 1 aliphatic heterocycles. The lowest BCUT2D eigenvalue weighted by Crippen LogP contribution is -2.17. The van der Waals surface area contributed by atoms with E-state index in [4.69, 9.17) is 5.73 Å². The largest absolute Gasteiger partial charge is 0.344 e. The predicted molar refractivity (Wildman–Crippen MR) is 81.8 cm³/mol. The fourth-order valence-corrected chi connectivity index (χ4v) is 2.37. The molecule has 0 saturated heterocycles. The number of imidazole rings is 1. The maximum atomic E-state index is 5.67. The highest BCUT2D eigenvalue weighted by Gasteiger charge is 2.08.